The largest absolute Gasteiger partial charge is 0.353 e. The monoisotopic (exact) mass is 376 g/mol. The normalized spacial score (nSPS) is 43.2. The first kappa shape index (κ1) is 19.2. The van der Waals surface area contributed by atoms with Crippen LogP contribution < -0.4 is 21.7 Å². The van der Waals surface area contributed by atoms with Crippen LogP contribution in [0.15, 0.2) is 0 Å². The van der Waals surface area contributed by atoms with Crippen LogP contribution in [0.25, 0.3) is 0 Å². The SMILES string of the molecule is CC1CCCC2CC(C(=O)NC3C4CCC3CC(NC(=O)CCN)C4)NC12. The second-order valence-electron chi connectivity index (χ2n) is 9.56. The number of hydrogen-bond acceptors (Lipinski definition) is 4. The van der Waals surface area contributed by atoms with Crippen molar-refractivity contribution >= 4 is 11.8 Å². The molecule has 6 unspecified atom stereocenters. The molecule has 0 spiro atoms. The molecule has 27 heavy (non-hydrogen) atoms. The van der Waals surface area contributed by atoms with Crippen molar-refractivity contribution in [1.82, 2.24) is 16.0 Å². The molecule has 4 fully saturated rings. The van der Waals surface area contributed by atoms with Gasteiger partial charge in [0.15, 0.2) is 0 Å². The van der Waals surface area contributed by atoms with Gasteiger partial charge in [0.2, 0.25) is 11.8 Å². The molecule has 4 aliphatic rings. The van der Waals surface area contributed by atoms with E-state index in [1.807, 2.05) is 0 Å². The van der Waals surface area contributed by atoms with E-state index in [4.69, 9.17) is 5.73 Å². The summed E-state index contributed by atoms with van der Waals surface area (Å²) in [5.74, 6) is 2.64. The number of nitrogens with two attached hydrogens (primary N) is 1. The molecule has 6 nitrogen and oxygen atoms in total. The standard InChI is InChI=1S/C21H36N4O2/c1-12-3-2-4-13-11-17(24-19(12)13)21(27)25-20-14-5-6-15(20)10-16(9-14)23-18(26)7-8-22/h12-17,19-20,24H,2-11,22H2,1H3,(H,23,26)(H,25,27). The summed E-state index contributed by atoms with van der Waals surface area (Å²) in [5.41, 5.74) is 5.48. The fraction of sp³-hybridized carbons (Fsp3) is 0.905. The molecular formula is C21H36N4O2. The smallest absolute Gasteiger partial charge is 0.237 e. The van der Waals surface area contributed by atoms with Crippen LogP contribution in [0, 0.1) is 23.7 Å². The van der Waals surface area contributed by atoms with Gasteiger partial charge in [-0.1, -0.05) is 13.3 Å². The van der Waals surface area contributed by atoms with Crippen molar-refractivity contribution < 1.29 is 9.59 Å². The maximum atomic E-state index is 13.0. The first-order chi connectivity index (χ1) is 13.0. The molecule has 0 aromatic heterocycles. The Labute approximate surface area is 162 Å². The minimum atomic E-state index is -0.0121. The number of rotatable bonds is 5. The van der Waals surface area contributed by atoms with E-state index in [0.717, 1.165) is 19.3 Å². The molecule has 3 aliphatic carbocycles. The van der Waals surface area contributed by atoms with Gasteiger partial charge in [-0.25, -0.2) is 0 Å². The fourth-order valence-corrected chi connectivity index (χ4v) is 6.45. The number of carbonyl (C=O) groups is 2. The number of hydrogen-bond donors (Lipinski definition) is 4. The summed E-state index contributed by atoms with van der Waals surface area (Å²) < 4.78 is 0. The van der Waals surface area contributed by atoms with Gasteiger partial charge in [0, 0.05) is 31.1 Å². The number of amides is 2. The second kappa shape index (κ2) is 8.08. The van der Waals surface area contributed by atoms with Crippen molar-refractivity contribution in [2.75, 3.05) is 6.54 Å². The van der Waals surface area contributed by atoms with Gasteiger partial charge in [-0.05, 0) is 68.6 Å². The lowest BCUT2D eigenvalue weighted by Crippen LogP contribution is -2.54. The van der Waals surface area contributed by atoms with Gasteiger partial charge >= 0.3 is 0 Å². The topological polar surface area (TPSA) is 96.2 Å². The molecule has 2 bridgehead atoms. The van der Waals surface area contributed by atoms with E-state index in [2.05, 4.69) is 22.9 Å². The molecule has 1 aliphatic heterocycles. The van der Waals surface area contributed by atoms with E-state index in [9.17, 15) is 9.59 Å². The quantitative estimate of drug-likeness (QED) is 0.581. The van der Waals surface area contributed by atoms with Crippen molar-refractivity contribution in [2.45, 2.75) is 88.9 Å². The number of fused-ring (bicyclic) bond motifs is 3. The average molecular weight is 377 g/mol. The minimum Gasteiger partial charge on any atom is -0.353 e. The lowest BCUT2D eigenvalue weighted by atomic mass is 9.78. The van der Waals surface area contributed by atoms with E-state index in [0.29, 0.717) is 48.7 Å². The van der Waals surface area contributed by atoms with Crippen LogP contribution >= 0.6 is 0 Å². The Kier molecular flexibility index (Phi) is 5.74. The molecule has 4 rings (SSSR count). The van der Waals surface area contributed by atoms with Gasteiger partial charge in [-0.15, -0.1) is 0 Å². The summed E-state index contributed by atoms with van der Waals surface area (Å²) in [6, 6.07) is 1.06. The first-order valence-electron chi connectivity index (χ1n) is 11.1. The third kappa shape index (κ3) is 4.02. The van der Waals surface area contributed by atoms with Crippen LogP contribution in [0.2, 0.25) is 0 Å². The summed E-state index contributed by atoms with van der Waals surface area (Å²) in [7, 11) is 0. The highest BCUT2D eigenvalue weighted by Crippen LogP contribution is 2.43. The van der Waals surface area contributed by atoms with Crippen molar-refractivity contribution in [2.24, 2.45) is 29.4 Å². The zero-order valence-electron chi connectivity index (χ0n) is 16.6. The molecule has 152 valence electrons. The van der Waals surface area contributed by atoms with E-state index in [1.54, 1.807) is 0 Å². The Bertz CT molecular complexity index is 554. The van der Waals surface area contributed by atoms with Gasteiger partial charge < -0.3 is 21.7 Å². The van der Waals surface area contributed by atoms with Crippen molar-refractivity contribution in [3.8, 4) is 0 Å². The van der Waals surface area contributed by atoms with E-state index < -0.39 is 0 Å². The zero-order valence-corrected chi connectivity index (χ0v) is 16.6. The molecular weight excluding hydrogens is 340 g/mol. The lowest BCUT2D eigenvalue weighted by molar-refractivity contribution is -0.125. The maximum absolute atomic E-state index is 13.0. The molecule has 6 heteroatoms. The molecule has 0 aromatic rings. The molecule has 0 radical (unpaired) electrons. The third-order valence-corrected chi connectivity index (χ3v) is 7.75. The van der Waals surface area contributed by atoms with Crippen molar-refractivity contribution in [3.63, 3.8) is 0 Å². The molecule has 2 amide bonds. The molecule has 1 saturated heterocycles. The Hall–Kier alpha value is -1.14. The number of nitrogens with one attached hydrogen (secondary N) is 3. The van der Waals surface area contributed by atoms with Gasteiger partial charge in [0.1, 0.15) is 0 Å². The van der Waals surface area contributed by atoms with E-state index in [-0.39, 0.29) is 23.9 Å². The molecule has 1 heterocycles. The van der Waals surface area contributed by atoms with Crippen LogP contribution in [0.5, 0.6) is 0 Å². The Morgan fingerprint density at radius 2 is 1.74 bits per heavy atom. The minimum absolute atomic E-state index is 0.0121. The Balaban J connectivity index is 1.30. The van der Waals surface area contributed by atoms with Crippen LogP contribution in [0.4, 0.5) is 0 Å². The average Bonchev–Trinajstić information content (AvgIpc) is 3.15. The van der Waals surface area contributed by atoms with Gasteiger partial charge in [-0.2, -0.15) is 0 Å². The first-order valence-corrected chi connectivity index (χ1v) is 11.1. The van der Waals surface area contributed by atoms with Crippen molar-refractivity contribution in [3.05, 3.63) is 0 Å². The maximum Gasteiger partial charge on any atom is 0.237 e. The van der Waals surface area contributed by atoms with Crippen LogP contribution in [0.3, 0.4) is 0 Å². The summed E-state index contributed by atoms with van der Waals surface area (Å²) in [5, 5.41) is 10.2. The molecule has 0 aromatic carbocycles. The van der Waals surface area contributed by atoms with Gasteiger partial charge in [0.05, 0.1) is 6.04 Å². The molecule has 5 N–H and O–H groups in total. The zero-order chi connectivity index (χ0) is 19.0. The third-order valence-electron chi connectivity index (χ3n) is 7.75. The van der Waals surface area contributed by atoms with Crippen molar-refractivity contribution in [1.29, 1.82) is 0 Å². The summed E-state index contributed by atoms with van der Waals surface area (Å²) in [4.78, 5) is 24.8. The lowest BCUT2D eigenvalue weighted by Gasteiger charge is -2.36. The van der Waals surface area contributed by atoms with Crippen LogP contribution in [-0.2, 0) is 9.59 Å². The molecule has 6 atom stereocenters. The summed E-state index contributed by atoms with van der Waals surface area (Å²) in [6.45, 7) is 2.73. The fourth-order valence-electron chi connectivity index (χ4n) is 6.45. The second-order valence-corrected chi connectivity index (χ2v) is 9.56. The summed E-state index contributed by atoms with van der Waals surface area (Å²) >= 11 is 0. The predicted molar refractivity (Wildman–Crippen MR) is 105 cm³/mol. The number of carbonyl (C=O) groups excluding carboxylic acids is 2. The van der Waals surface area contributed by atoms with Gasteiger partial charge in [0.25, 0.3) is 0 Å². The Morgan fingerprint density at radius 1 is 1.00 bits per heavy atom. The highest BCUT2D eigenvalue weighted by molar-refractivity contribution is 5.82. The van der Waals surface area contributed by atoms with Gasteiger partial charge in [-0.3, -0.25) is 9.59 Å². The predicted octanol–water partition coefficient (Wildman–Crippen LogP) is 1.29. The Morgan fingerprint density at radius 3 is 2.41 bits per heavy atom. The summed E-state index contributed by atoms with van der Waals surface area (Å²) in [6.07, 6.45) is 9.56. The highest BCUT2D eigenvalue weighted by Gasteiger charge is 2.46. The van der Waals surface area contributed by atoms with E-state index in [1.165, 1.54) is 32.1 Å². The highest BCUT2D eigenvalue weighted by atomic mass is 16.2. The van der Waals surface area contributed by atoms with Crippen LogP contribution in [-0.4, -0.2) is 42.5 Å². The van der Waals surface area contributed by atoms with Crippen LogP contribution in [0.1, 0.15) is 64.7 Å². The molecule has 3 saturated carbocycles. The van der Waals surface area contributed by atoms with E-state index >= 15 is 0 Å².